The predicted octanol–water partition coefficient (Wildman–Crippen LogP) is 3.80. The summed E-state index contributed by atoms with van der Waals surface area (Å²) in [7, 11) is 0. The number of hydrogen-bond donors (Lipinski definition) is 0. The Kier molecular flexibility index (Phi) is 4.25. The van der Waals surface area contributed by atoms with E-state index in [1.807, 2.05) is 19.9 Å². The second-order valence-corrected chi connectivity index (χ2v) is 5.20. The average Bonchev–Trinajstić information content (AvgIpc) is 2.70. The molecule has 2 aromatic rings. The topological polar surface area (TPSA) is 31.2 Å². The summed E-state index contributed by atoms with van der Waals surface area (Å²) in [4.78, 5) is 11.0. The highest BCUT2D eigenvalue weighted by atomic mass is 16.5. The Hall–Kier alpha value is -1.77. The van der Waals surface area contributed by atoms with Crippen LogP contribution in [0.25, 0.3) is 10.9 Å². The first-order valence-electron chi connectivity index (χ1n) is 6.81. The summed E-state index contributed by atoms with van der Waals surface area (Å²) in [6, 6.07) is 8.25. The Balaban J connectivity index is 2.12. The summed E-state index contributed by atoms with van der Waals surface area (Å²) in [5.74, 6) is 1.16. The van der Waals surface area contributed by atoms with Crippen LogP contribution in [0.4, 0.5) is 0 Å². The second-order valence-electron chi connectivity index (χ2n) is 5.20. The third-order valence-electron chi connectivity index (χ3n) is 3.04. The Morgan fingerprint density at radius 1 is 1.32 bits per heavy atom. The Morgan fingerprint density at radius 3 is 2.79 bits per heavy atom. The van der Waals surface area contributed by atoms with Gasteiger partial charge in [0.2, 0.25) is 0 Å². The zero-order chi connectivity index (χ0) is 13.8. The van der Waals surface area contributed by atoms with E-state index in [1.165, 1.54) is 10.9 Å². The Bertz CT molecular complexity index is 569. The van der Waals surface area contributed by atoms with E-state index in [4.69, 9.17) is 4.74 Å². The maximum absolute atomic E-state index is 11.0. The van der Waals surface area contributed by atoms with Crippen LogP contribution in [-0.2, 0) is 11.3 Å². The van der Waals surface area contributed by atoms with Crippen molar-refractivity contribution in [2.75, 3.05) is 0 Å². The lowest BCUT2D eigenvalue weighted by atomic mass is 10.2. The lowest BCUT2D eigenvalue weighted by Gasteiger charge is -2.10. The number of Topliss-reactive ketones (excluding diaryl/α,β-unsaturated/α-hetero) is 1. The first-order valence-corrected chi connectivity index (χ1v) is 6.81. The standard InChI is InChI=1S/C16H21NO2/c1-12(2)19-15-6-7-16-14(11-15)8-10-17(16)9-4-5-13(3)18/h6-8,10-12H,4-5,9H2,1-3H3. The van der Waals surface area contributed by atoms with Gasteiger partial charge in [0, 0.05) is 30.1 Å². The molecule has 0 saturated heterocycles. The van der Waals surface area contributed by atoms with Gasteiger partial charge in [0.25, 0.3) is 0 Å². The molecule has 0 aliphatic heterocycles. The van der Waals surface area contributed by atoms with Crippen molar-refractivity contribution >= 4 is 16.7 Å². The van der Waals surface area contributed by atoms with E-state index in [0.29, 0.717) is 6.42 Å². The van der Waals surface area contributed by atoms with Crippen LogP contribution in [0.5, 0.6) is 5.75 Å². The molecule has 1 aromatic carbocycles. The predicted molar refractivity (Wildman–Crippen MR) is 77.6 cm³/mol. The molecule has 0 amide bonds. The third kappa shape index (κ3) is 3.60. The van der Waals surface area contributed by atoms with Crippen molar-refractivity contribution in [3.05, 3.63) is 30.5 Å². The lowest BCUT2D eigenvalue weighted by molar-refractivity contribution is -0.117. The maximum atomic E-state index is 11.0. The van der Waals surface area contributed by atoms with E-state index in [2.05, 4.69) is 29.0 Å². The van der Waals surface area contributed by atoms with Gasteiger partial charge < -0.3 is 14.1 Å². The van der Waals surface area contributed by atoms with Crippen molar-refractivity contribution in [1.29, 1.82) is 0 Å². The molecule has 0 saturated carbocycles. The molecule has 0 spiro atoms. The van der Waals surface area contributed by atoms with Gasteiger partial charge in [0.1, 0.15) is 11.5 Å². The molecule has 0 bridgehead atoms. The third-order valence-corrected chi connectivity index (χ3v) is 3.04. The highest BCUT2D eigenvalue weighted by Gasteiger charge is 2.04. The van der Waals surface area contributed by atoms with E-state index in [1.54, 1.807) is 6.92 Å². The van der Waals surface area contributed by atoms with Gasteiger partial charge in [-0.1, -0.05) is 0 Å². The van der Waals surface area contributed by atoms with E-state index in [-0.39, 0.29) is 11.9 Å². The van der Waals surface area contributed by atoms with Crippen molar-refractivity contribution in [3.63, 3.8) is 0 Å². The fourth-order valence-electron chi connectivity index (χ4n) is 2.22. The first kappa shape index (κ1) is 13.7. The molecule has 102 valence electrons. The molecule has 3 nitrogen and oxygen atoms in total. The van der Waals surface area contributed by atoms with Crippen LogP contribution in [-0.4, -0.2) is 16.5 Å². The van der Waals surface area contributed by atoms with Crippen LogP contribution in [0.2, 0.25) is 0 Å². The molecule has 0 fully saturated rings. The van der Waals surface area contributed by atoms with Gasteiger partial charge >= 0.3 is 0 Å². The molecule has 0 unspecified atom stereocenters. The molecular formula is C16H21NO2. The van der Waals surface area contributed by atoms with E-state index in [0.717, 1.165) is 18.7 Å². The highest BCUT2D eigenvalue weighted by molar-refractivity contribution is 5.81. The largest absolute Gasteiger partial charge is 0.491 e. The fourth-order valence-corrected chi connectivity index (χ4v) is 2.22. The summed E-state index contributed by atoms with van der Waals surface area (Å²) < 4.78 is 7.88. The number of aromatic nitrogens is 1. The van der Waals surface area contributed by atoms with E-state index in [9.17, 15) is 4.79 Å². The molecule has 0 aliphatic rings. The molecule has 0 N–H and O–H groups in total. The van der Waals surface area contributed by atoms with Gasteiger partial charge in [-0.05, 0) is 51.5 Å². The van der Waals surface area contributed by atoms with Gasteiger partial charge in [-0.15, -0.1) is 0 Å². The summed E-state index contributed by atoms with van der Waals surface area (Å²) >= 11 is 0. The number of carbonyl (C=O) groups excluding carboxylic acids is 1. The van der Waals surface area contributed by atoms with Crippen LogP contribution in [0.1, 0.15) is 33.6 Å². The minimum absolute atomic E-state index is 0.190. The van der Waals surface area contributed by atoms with Crippen molar-refractivity contribution in [2.24, 2.45) is 0 Å². The van der Waals surface area contributed by atoms with Crippen LogP contribution < -0.4 is 4.74 Å². The lowest BCUT2D eigenvalue weighted by Crippen LogP contribution is -2.05. The number of hydrogen-bond acceptors (Lipinski definition) is 2. The maximum Gasteiger partial charge on any atom is 0.129 e. The van der Waals surface area contributed by atoms with Crippen molar-refractivity contribution < 1.29 is 9.53 Å². The number of benzene rings is 1. The number of ether oxygens (including phenoxy) is 1. The smallest absolute Gasteiger partial charge is 0.129 e. The summed E-state index contributed by atoms with van der Waals surface area (Å²) in [5.41, 5.74) is 1.19. The molecule has 1 aromatic heterocycles. The molecule has 0 radical (unpaired) electrons. The van der Waals surface area contributed by atoms with Crippen molar-refractivity contribution in [2.45, 2.75) is 46.3 Å². The van der Waals surface area contributed by atoms with Crippen LogP contribution in [0.15, 0.2) is 30.5 Å². The second kappa shape index (κ2) is 5.91. The fraction of sp³-hybridized carbons (Fsp3) is 0.438. The normalized spacial score (nSPS) is 11.2. The Labute approximate surface area is 114 Å². The summed E-state index contributed by atoms with van der Waals surface area (Å²) in [6.45, 7) is 6.57. The molecule has 1 heterocycles. The highest BCUT2D eigenvalue weighted by Crippen LogP contribution is 2.23. The molecule has 0 atom stereocenters. The molecule has 19 heavy (non-hydrogen) atoms. The first-order chi connectivity index (χ1) is 9.06. The molecular weight excluding hydrogens is 238 g/mol. The van der Waals surface area contributed by atoms with Gasteiger partial charge in [0.15, 0.2) is 0 Å². The van der Waals surface area contributed by atoms with Crippen LogP contribution >= 0.6 is 0 Å². The van der Waals surface area contributed by atoms with E-state index < -0.39 is 0 Å². The zero-order valence-corrected chi connectivity index (χ0v) is 11.8. The van der Waals surface area contributed by atoms with Crippen molar-refractivity contribution in [3.8, 4) is 5.75 Å². The van der Waals surface area contributed by atoms with Gasteiger partial charge in [0.05, 0.1) is 6.10 Å². The van der Waals surface area contributed by atoms with Crippen molar-refractivity contribution in [1.82, 2.24) is 4.57 Å². The quantitative estimate of drug-likeness (QED) is 0.790. The monoisotopic (exact) mass is 259 g/mol. The number of nitrogens with zero attached hydrogens (tertiary/aromatic N) is 1. The number of fused-ring (bicyclic) bond motifs is 1. The minimum atomic E-state index is 0.190. The minimum Gasteiger partial charge on any atom is -0.491 e. The SMILES string of the molecule is CC(=O)CCCn1ccc2cc(OC(C)C)ccc21. The Morgan fingerprint density at radius 2 is 2.11 bits per heavy atom. The summed E-state index contributed by atoms with van der Waals surface area (Å²) in [5, 5.41) is 1.18. The number of carbonyl (C=O) groups is 1. The molecule has 0 aliphatic carbocycles. The zero-order valence-electron chi connectivity index (χ0n) is 11.8. The van der Waals surface area contributed by atoms with Gasteiger partial charge in [-0.25, -0.2) is 0 Å². The number of rotatable bonds is 6. The average molecular weight is 259 g/mol. The van der Waals surface area contributed by atoms with Crippen LogP contribution in [0, 0.1) is 0 Å². The molecule has 3 heteroatoms. The van der Waals surface area contributed by atoms with Gasteiger partial charge in [-0.3, -0.25) is 0 Å². The number of ketones is 1. The molecule has 2 rings (SSSR count). The summed E-state index contributed by atoms with van der Waals surface area (Å²) in [6.07, 6.45) is 3.80. The van der Waals surface area contributed by atoms with Crippen LogP contribution in [0.3, 0.4) is 0 Å². The van der Waals surface area contributed by atoms with Gasteiger partial charge in [-0.2, -0.15) is 0 Å². The number of aryl methyl sites for hydroxylation is 1. The van der Waals surface area contributed by atoms with E-state index >= 15 is 0 Å².